The molecule has 1 aliphatic carbocycles. The second kappa shape index (κ2) is 10.6. The molecule has 2 fully saturated rings. The van der Waals surface area contributed by atoms with E-state index >= 15 is 0 Å². The van der Waals surface area contributed by atoms with Crippen molar-refractivity contribution in [3.05, 3.63) is 59.1 Å². The van der Waals surface area contributed by atoms with Crippen LogP contribution in [0.25, 0.3) is 11.0 Å². The van der Waals surface area contributed by atoms with E-state index < -0.39 is 12.1 Å². The first-order valence-corrected chi connectivity index (χ1v) is 11.6. The van der Waals surface area contributed by atoms with E-state index in [0.717, 1.165) is 35.8 Å². The minimum Gasteiger partial charge on any atom is -0.475 e. The number of carbonyl (C=O) groups is 2. The van der Waals surface area contributed by atoms with E-state index in [4.69, 9.17) is 31.5 Å². The number of hydrogen-bond donors (Lipinski definition) is 2. The Labute approximate surface area is 209 Å². The molecule has 1 aliphatic heterocycles. The number of alkyl halides is 3. The van der Waals surface area contributed by atoms with Crippen molar-refractivity contribution in [3.63, 3.8) is 0 Å². The Hall–Kier alpha value is -3.60. The second-order valence-electron chi connectivity index (χ2n) is 8.40. The molecule has 1 saturated heterocycles. The van der Waals surface area contributed by atoms with Crippen LogP contribution < -0.4 is 10.2 Å². The van der Waals surface area contributed by atoms with Gasteiger partial charge in [0.1, 0.15) is 0 Å². The summed E-state index contributed by atoms with van der Waals surface area (Å²) in [6.45, 7) is 2.72. The minimum atomic E-state index is -5.08. The molecule has 2 N–H and O–H groups in total. The maximum atomic E-state index is 12.8. The highest BCUT2D eigenvalue weighted by molar-refractivity contribution is 6.30. The van der Waals surface area contributed by atoms with Crippen LogP contribution in [-0.2, 0) is 4.79 Å². The molecule has 0 spiro atoms. The predicted molar refractivity (Wildman–Crippen MR) is 129 cm³/mol. The Balaban J connectivity index is 0.000000384. The third-order valence-corrected chi connectivity index (χ3v) is 5.89. The van der Waals surface area contributed by atoms with Crippen molar-refractivity contribution in [2.45, 2.75) is 25.1 Å². The molecule has 36 heavy (non-hydrogen) atoms. The number of hydrogen-bond acceptors (Lipinski definition) is 6. The molecule has 5 rings (SSSR count). The number of benzene rings is 2. The summed E-state index contributed by atoms with van der Waals surface area (Å²) in [5, 5.41) is 11.2. The lowest BCUT2D eigenvalue weighted by Gasteiger charge is -2.36. The molecule has 0 radical (unpaired) electrons. The number of piperazine rings is 1. The number of fused-ring (bicyclic) bond motifs is 1. The summed E-state index contributed by atoms with van der Waals surface area (Å²) in [6, 6.07) is 15.6. The molecule has 2 aliphatic rings. The van der Waals surface area contributed by atoms with Gasteiger partial charge in [-0.2, -0.15) is 13.2 Å². The molecular weight excluding hydrogens is 499 g/mol. The van der Waals surface area contributed by atoms with Crippen LogP contribution in [0.5, 0.6) is 0 Å². The van der Waals surface area contributed by atoms with Crippen LogP contribution in [0.3, 0.4) is 0 Å². The second-order valence-corrected chi connectivity index (χ2v) is 8.83. The fourth-order valence-electron chi connectivity index (χ4n) is 3.65. The van der Waals surface area contributed by atoms with Crippen LogP contribution in [0.15, 0.2) is 48.5 Å². The normalized spacial score (nSPS) is 15.8. The van der Waals surface area contributed by atoms with Crippen molar-refractivity contribution in [2.24, 2.45) is 0 Å². The number of carbonyl (C=O) groups excluding carboxylic acids is 1. The summed E-state index contributed by atoms with van der Waals surface area (Å²) < 4.78 is 31.7. The summed E-state index contributed by atoms with van der Waals surface area (Å²) in [4.78, 5) is 35.5. The Kier molecular flexibility index (Phi) is 7.48. The Morgan fingerprint density at radius 2 is 1.58 bits per heavy atom. The molecule has 190 valence electrons. The number of carboxylic acid groups (broad SMARTS) is 1. The summed E-state index contributed by atoms with van der Waals surface area (Å²) >= 11 is 6.04. The highest BCUT2D eigenvalue weighted by atomic mass is 35.5. The largest absolute Gasteiger partial charge is 0.490 e. The SMILES string of the molecule is O=C(O)C(F)(F)F.O=C(c1cccc(Cl)c1)N1CCN(c2nc3ccccc3nc2NC2CC2)CC1. The van der Waals surface area contributed by atoms with Gasteiger partial charge in [0.05, 0.1) is 11.0 Å². The van der Waals surface area contributed by atoms with Crippen molar-refractivity contribution < 1.29 is 27.9 Å². The van der Waals surface area contributed by atoms with E-state index in [1.165, 1.54) is 12.8 Å². The lowest BCUT2D eigenvalue weighted by atomic mass is 10.2. The Bertz CT molecular complexity index is 1260. The number of halogens is 4. The van der Waals surface area contributed by atoms with Crippen molar-refractivity contribution in [1.82, 2.24) is 14.9 Å². The molecular formula is C24H23ClF3N5O3. The van der Waals surface area contributed by atoms with Gasteiger partial charge in [-0.15, -0.1) is 0 Å². The van der Waals surface area contributed by atoms with Crippen molar-refractivity contribution in [3.8, 4) is 0 Å². The smallest absolute Gasteiger partial charge is 0.475 e. The number of carboxylic acids is 1. The molecule has 8 nitrogen and oxygen atoms in total. The fraction of sp³-hybridized carbons (Fsp3) is 0.333. The van der Waals surface area contributed by atoms with Crippen LogP contribution in [0, 0.1) is 0 Å². The molecule has 3 aromatic rings. The number of rotatable bonds is 4. The maximum absolute atomic E-state index is 12.8. The van der Waals surface area contributed by atoms with Crippen LogP contribution in [0.2, 0.25) is 5.02 Å². The van der Waals surface area contributed by atoms with Gasteiger partial charge in [0.25, 0.3) is 5.91 Å². The summed E-state index contributed by atoms with van der Waals surface area (Å²) in [5.74, 6) is -1.01. The zero-order chi connectivity index (χ0) is 25.9. The van der Waals surface area contributed by atoms with Crippen molar-refractivity contribution in [1.29, 1.82) is 0 Å². The van der Waals surface area contributed by atoms with Crippen LogP contribution in [-0.4, -0.2) is 70.2 Å². The van der Waals surface area contributed by atoms with Gasteiger partial charge in [-0.25, -0.2) is 14.8 Å². The number of nitrogens with zero attached hydrogens (tertiary/aromatic N) is 4. The molecule has 2 heterocycles. The summed E-state index contributed by atoms with van der Waals surface area (Å²) in [6.07, 6.45) is -2.73. The Morgan fingerprint density at radius 1 is 0.972 bits per heavy atom. The number of aromatic nitrogens is 2. The molecule has 0 bridgehead atoms. The maximum Gasteiger partial charge on any atom is 0.490 e. The van der Waals surface area contributed by atoms with E-state index in [9.17, 15) is 18.0 Å². The molecule has 0 unspecified atom stereocenters. The van der Waals surface area contributed by atoms with Gasteiger partial charge in [-0.05, 0) is 43.2 Å². The predicted octanol–water partition coefficient (Wildman–Crippen LogP) is 4.45. The van der Waals surface area contributed by atoms with E-state index in [0.29, 0.717) is 29.7 Å². The number of anilines is 2. The fourth-order valence-corrected chi connectivity index (χ4v) is 3.84. The lowest BCUT2D eigenvalue weighted by molar-refractivity contribution is -0.192. The van der Waals surface area contributed by atoms with Crippen LogP contribution in [0.4, 0.5) is 24.8 Å². The standard InChI is InChI=1S/C22H22ClN5O.C2HF3O2/c23-16-5-3-4-15(14-16)22(29)28-12-10-27(11-13-28)21-20(24-17-8-9-17)25-18-6-1-2-7-19(18)26-21;3-2(4,5)1(6)7/h1-7,14,17H,8-13H2,(H,24,25);(H,6,7). The van der Waals surface area contributed by atoms with Crippen LogP contribution >= 0.6 is 11.6 Å². The van der Waals surface area contributed by atoms with Gasteiger partial charge in [-0.1, -0.05) is 29.8 Å². The van der Waals surface area contributed by atoms with Gasteiger partial charge < -0.3 is 20.2 Å². The highest BCUT2D eigenvalue weighted by Gasteiger charge is 2.38. The average Bonchev–Trinajstić information content (AvgIpc) is 3.67. The quantitative estimate of drug-likeness (QED) is 0.523. The third-order valence-electron chi connectivity index (χ3n) is 5.65. The monoisotopic (exact) mass is 521 g/mol. The summed E-state index contributed by atoms with van der Waals surface area (Å²) in [7, 11) is 0. The molecule has 12 heteroatoms. The number of para-hydroxylation sites is 2. The van der Waals surface area contributed by atoms with Gasteiger partial charge in [0.2, 0.25) is 0 Å². The summed E-state index contributed by atoms with van der Waals surface area (Å²) in [5.41, 5.74) is 2.42. The van der Waals surface area contributed by atoms with E-state index in [-0.39, 0.29) is 5.91 Å². The van der Waals surface area contributed by atoms with E-state index in [1.54, 1.807) is 12.1 Å². The van der Waals surface area contributed by atoms with Crippen molar-refractivity contribution >= 4 is 46.1 Å². The van der Waals surface area contributed by atoms with Gasteiger partial charge in [0, 0.05) is 42.8 Å². The minimum absolute atomic E-state index is 0.0214. The number of nitrogens with one attached hydrogen (secondary N) is 1. The van der Waals surface area contributed by atoms with Crippen LogP contribution in [0.1, 0.15) is 23.2 Å². The van der Waals surface area contributed by atoms with E-state index in [1.807, 2.05) is 41.3 Å². The molecule has 0 atom stereocenters. The highest BCUT2D eigenvalue weighted by Crippen LogP contribution is 2.31. The van der Waals surface area contributed by atoms with Crippen molar-refractivity contribution in [2.75, 3.05) is 36.4 Å². The average molecular weight is 522 g/mol. The molecule has 1 aromatic heterocycles. The van der Waals surface area contributed by atoms with Gasteiger partial charge in [0.15, 0.2) is 11.6 Å². The zero-order valence-electron chi connectivity index (χ0n) is 19.0. The number of aliphatic carboxylic acids is 1. The lowest BCUT2D eigenvalue weighted by Crippen LogP contribution is -2.49. The molecule has 1 saturated carbocycles. The molecule has 2 aromatic carbocycles. The Morgan fingerprint density at radius 3 is 2.14 bits per heavy atom. The first kappa shape index (κ1) is 25.5. The first-order chi connectivity index (χ1) is 17.1. The van der Waals surface area contributed by atoms with Gasteiger partial charge in [-0.3, -0.25) is 4.79 Å². The van der Waals surface area contributed by atoms with E-state index in [2.05, 4.69) is 10.2 Å². The van der Waals surface area contributed by atoms with Gasteiger partial charge >= 0.3 is 12.1 Å². The first-order valence-electron chi connectivity index (χ1n) is 11.2. The topological polar surface area (TPSA) is 98.7 Å². The zero-order valence-corrected chi connectivity index (χ0v) is 19.8. The molecule has 1 amide bonds. The third kappa shape index (κ3) is 6.34. The number of amides is 1.